The van der Waals surface area contributed by atoms with Crippen molar-refractivity contribution in [1.82, 2.24) is 14.8 Å². The zero-order chi connectivity index (χ0) is 21.0. The summed E-state index contributed by atoms with van der Waals surface area (Å²) in [5.41, 5.74) is 4.55. The Morgan fingerprint density at radius 3 is 2.41 bits per heavy atom. The first-order chi connectivity index (χ1) is 14.0. The number of hydrogen-bond donors (Lipinski definition) is 1. The fraction of sp³-hybridized carbons (Fsp3) is 0.190. The first kappa shape index (κ1) is 19.9. The molecule has 0 spiro atoms. The molecule has 2 aromatic carbocycles. The Kier molecular flexibility index (Phi) is 5.82. The van der Waals surface area contributed by atoms with Crippen LogP contribution >= 0.6 is 0 Å². The van der Waals surface area contributed by atoms with Gasteiger partial charge in [0.15, 0.2) is 11.5 Å². The molecule has 1 aromatic heterocycles. The molecule has 0 aliphatic carbocycles. The van der Waals surface area contributed by atoms with Gasteiger partial charge >= 0.3 is 0 Å². The number of hydrogen-bond acceptors (Lipinski definition) is 5. The largest absolute Gasteiger partial charge is 0.493 e. The Morgan fingerprint density at radius 2 is 1.76 bits per heavy atom. The first-order valence-electron chi connectivity index (χ1n) is 8.87. The molecule has 1 N–H and O–H groups in total. The Bertz CT molecular complexity index is 1110. The van der Waals surface area contributed by atoms with Crippen LogP contribution in [0.5, 0.6) is 11.5 Å². The van der Waals surface area contributed by atoms with Gasteiger partial charge in [0.2, 0.25) is 0 Å². The van der Waals surface area contributed by atoms with E-state index in [1.165, 1.54) is 20.4 Å². The molecular weight excluding hydrogens is 372 g/mol. The fourth-order valence-corrected chi connectivity index (χ4v) is 2.99. The van der Waals surface area contributed by atoms with E-state index in [9.17, 15) is 9.59 Å². The van der Waals surface area contributed by atoms with Gasteiger partial charge in [-0.25, -0.2) is 10.1 Å². The van der Waals surface area contributed by atoms with Crippen LogP contribution in [-0.2, 0) is 7.05 Å². The quantitative estimate of drug-likeness (QED) is 0.513. The fourth-order valence-electron chi connectivity index (χ4n) is 2.99. The zero-order valence-electron chi connectivity index (χ0n) is 16.7. The van der Waals surface area contributed by atoms with Gasteiger partial charge < -0.3 is 9.47 Å². The normalized spacial score (nSPS) is 10.9. The molecule has 29 heavy (non-hydrogen) atoms. The number of hydrazone groups is 1. The highest BCUT2D eigenvalue weighted by Gasteiger charge is 2.14. The van der Waals surface area contributed by atoms with Crippen LogP contribution in [-0.4, -0.2) is 35.7 Å². The van der Waals surface area contributed by atoms with Crippen LogP contribution in [0, 0.1) is 6.92 Å². The summed E-state index contributed by atoms with van der Waals surface area (Å²) in [5.74, 6) is 0.565. The molecule has 0 radical (unpaired) electrons. The van der Waals surface area contributed by atoms with Gasteiger partial charge in [-0.15, -0.1) is 0 Å². The number of benzene rings is 2. The highest BCUT2D eigenvalue weighted by molar-refractivity contribution is 5.95. The highest BCUT2D eigenvalue weighted by Crippen LogP contribution is 2.27. The highest BCUT2D eigenvalue weighted by atomic mass is 16.5. The van der Waals surface area contributed by atoms with Crippen molar-refractivity contribution in [2.24, 2.45) is 12.1 Å². The van der Waals surface area contributed by atoms with Gasteiger partial charge in [0.25, 0.3) is 11.5 Å². The number of aromatic nitrogens is 2. The minimum absolute atomic E-state index is 0.147. The summed E-state index contributed by atoms with van der Waals surface area (Å²) in [4.78, 5) is 25.0. The number of nitrogens with one attached hydrogen (secondary N) is 1. The van der Waals surface area contributed by atoms with E-state index in [1.807, 2.05) is 30.3 Å². The predicted octanol–water partition coefficient (Wildman–Crippen LogP) is 2.27. The van der Waals surface area contributed by atoms with Gasteiger partial charge in [-0.2, -0.15) is 5.10 Å². The van der Waals surface area contributed by atoms with Crippen LogP contribution in [0.3, 0.4) is 0 Å². The molecule has 3 aromatic rings. The smallest absolute Gasteiger partial charge is 0.274 e. The molecule has 0 saturated heterocycles. The van der Waals surface area contributed by atoms with Crippen molar-refractivity contribution in [1.29, 1.82) is 0 Å². The molecule has 0 saturated carbocycles. The number of ether oxygens (including phenoxy) is 2. The molecule has 150 valence electrons. The summed E-state index contributed by atoms with van der Waals surface area (Å²) in [5, 5.41) is 4.02. The summed E-state index contributed by atoms with van der Waals surface area (Å²) < 4.78 is 13.6. The lowest BCUT2D eigenvalue weighted by molar-refractivity contribution is 0.0954. The standard InChI is InChI=1S/C21H22N4O4/c1-14-17(24(2)25(21(14)27)16-8-6-5-7-9-16)13-22-23-20(26)15-10-11-18(28-3)19(12-15)29-4/h5-13H,1-4H3,(H,23,26)/b22-13-. The van der Waals surface area contributed by atoms with E-state index < -0.39 is 5.91 Å². The molecule has 8 nitrogen and oxygen atoms in total. The van der Waals surface area contributed by atoms with Crippen LogP contribution in [0.1, 0.15) is 21.6 Å². The van der Waals surface area contributed by atoms with Crippen LogP contribution in [0.4, 0.5) is 0 Å². The number of carbonyl (C=O) groups is 1. The van der Waals surface area contributed by atoms with Crippen LogP contribution < -0.4 is 20.5 Å². The topological polar surface area (TPSA) is 86.9 Å². The van der Waals surface area contributed by atoms with Crippen molar-refractivity contribution < 1.29 is 14.3 Å². The van der Waals surface area contributed by atoms with Crippen molar-refractivity contribution in [2.75, 3.05) is 14.2 Å². The van der Waals surface area contributed by atoms with Gasteiger partial charge in [-0.3, -0.25) is 14.3 Å². The summed E-state index contributed by atoms with van der Waals surface area (Å²) in [6.07, 6.45) is 1.45. The lowest BCUT2D eigenvalue weighted by Crippen LogP contribution is -2.20. The Labute approximate surface area is 168 Å². The number of rotatable bonds is 6. The minimum atomic E-state index is -0.410. The second-order valence-electron chi connectivity index (χ2n) is 6.26. The zero-order valence-corrected chi connectivity index (χ0v) is 16.7. The van der Waals surface area contributed by atoms with E-state index in [4.69, 9.17) is 9.47 Å². The predicted molar refractivity (Wildman–Crippen MR) is 110 cm³/mol. The molecule has 1 heterocycles. The van der Waals surface area contributed by atoms with Gasteiger partial charge in [0.05, 0.1) is 31.8 Å². The van der Waals surface area contributed by atoms with Gasteiger partial charge in [-0.05, 0) is 37.3 Å². The molecule has 0 bridgehead atoms. The van der Waals surface area contributed by atoms with E-state index in [0.29, 0.717) is 28.3 Å². The van der Waals surface area contributed by atoms with E-state index in [2.05, 4.69) is 10.5 Å². The molecule has 1 amide bonds. The van der Waals surface area contributed by atoms with Crippen molar-refractivity contribution in [3.8, 4) is 17.2 Å². The van der Waals surface area contributed by atoms with E-state index >= 15 is 0 Å². The van der Waals surface area contributed by atoms with Crippen LogP contribution in [0.25, 0.3) is 5.69 Å². The number of carbonyl (C=O) groups excluding carboxylic acids is 1. The van der Waals surface area contributed by atoms with E-state index in [1.54, 1.807) is 41.5 Å². The SMILES string of the molecule is COc1ccc(C(=O)N/N=C\c2c(C)c(=O)n(-c3ccccc3)n2C)cc1OC. The number of methoxy groups -OCH3 is 2. The maximum Gasteiger partial charge on any atom is 0.274 e. The van der Waals surface area contributed by atoms with Crippen LogP contribution in [0.15, 0.2) is 58.4 Å². The molecule has 0 fully saturated rings. The van der Waals surface area contributed by atoms with Crippen molar-refractivity contribution >= 4 is 12.1 Å². The third kappa shape index (κ3) is 3.91. The third-order valence-corrected chi connectivity index (χ3v) is 4.55. The summed E-state index contributed by atoms with van der Waals surface area (Å²) in [6, 6.07) is 14.1. The Balaban J connectivity index is 1.83. The molecule has 0 aliphatic rings. The van der Waals surface area contributed by atoms with E-state index in [0.717, 1.165) is 5.69 Å². The van der Waals surface area contributed by atoms with Gasteiger partial charge in [0, 0.05) is 18.2 Å². The molecule has 0 atom stereocenters. The van der Waals surface area contributed by atoms with Crippen molar-refractivity contribution in [3.63, 3.8) is 0 Å². The monoisotopic (exact) mass is 394 g/mol. The number of amides is 1. The van der Waals surface area contributed by atoms with Gasteiger partial charge in [0.1, 0.15) is 0 Å². The number of nitrogens with zero attached hydrogens (tertiary/aromatic N) is 3. The summed E-state index contributed by atoms with van der Waals surface area (Å²) in [7, 11) is 4.79. The van der Waals surface area contributed by atoms with Gasteiger partial charge in [-0.1, -0.05) is 18.2 Å². The lowest BCUT2D eigenvalue weighted by Gasteiger charge is -2.09. The molecule has 0 aliphatic heterocycles. The maximum atomic E-state index is 12.6. The molecule has 3 rings (SSSR count). The molecule has 0 unspecified atom stereocenters. The third-order valence-electron chi connectivity index (χ3n) is 4.55. The molecular formula is C21H22N4O4. The first-order valence-corrected chi connectivity index (χ1v) is 8.87. The Hall–Kier alpha value is -3.81. The summed E-state index contributed by atoms with van der Waals surface area (Å²) >= 11 is 0. The maximum absolute atomic E-state index is 12.6. The average molecular weight is 394 g/mol. The second kappa shape index (κ2) is 8.47. The minimum Gasteiger partial charge on any atom is -0.493 e. The average Bonchev–Trinajstić information content (AvgIpc) is 2.96. The number of para-hydroxylation sites is 1. The van der Waals surface area contributed by atoms with E-state index in [-0.39, 0.29) is 5.56 Å². The summed E-state index contributed by atoms with van der Waals surface area (Å²) in [6.45, 7) is 1.72. The Morgan fingerprint density at radius 1 is 1.07 bits per heavy atom. The van der Waals surface area contributed by atoms with Crippen molar-refractivity contribution in [3.05, 3.63) is 75.7 Å². The second-order valence-corrected chi connectivity index (χ2v) is 6.26. The van der Waals surface area contributed by atoms with Crippen molar-refractivity contribution in [2.45, 2.75) is 6.92 Å². The lowest BCUT2D eigenvalue weighted by atomic mass is 10.2. The molecule has 8 heteroatoms. The van der Waals surface area contributed by atoms with Crippen LogP contribution in [0.2, 0.25) is 0 Å².